The van der Waals surface area contributed by atoms with E-state index in [1.165, 1.54) is 0 Å². The van der Waals surface area contributed by atoms with Gasteiger partial charge in [0.1, 0.15) is 5.84 Å². The van der Waals surface area contributed by atoms with E-state index in [2.05, 4.69) is 0 Å². The average Bonchev–Trinajstić information content (AvgIpc) is 2.19. The Hall–Kier alpha value is -1.28. The molecular weight excluding hydrogens is 196 g/mol. The van der Waals surface area contributed by atoms with Crippen LogP contribution in [0.2, 0.25) is 0 Å². The lowest BCUT2D eigenvalue weighted by Gasteiger charge is -2.02. The minimum absolute atomic E-state index is 0.0936. The maximum Gasteiger partial charge on any atom is 0.123 e. The van der Waals surface area contributed by atoms with Gasteiger partial charge in [-0.25, -0.2) is 0 Å². The second kappa shape index (κ2) is 5.45. The molecule has 14 heavy (non-hydrogen) atoms. The molecule has 0 heterocycles. The van der Waals surface area contributed by atoms with Crippen molar-refractivity contribution in [2.75, 3.05) is 5.88 Å². The van der Waals surface area contributed by atoms with Crippen LogP contribution in [0.1, 0.15) is 17.5 Å². The number of alkyl halides is 1. The number of rotatable bonds is 4. The molecule has 2 nitrogen and oxygen atoms in total. The fourth-order valence-electron chi connectivity index (χ4n) is 1.16. The van der Waals surface area contributed by atoms with E-state index in [1.807, 2.05) is 36.4 Å². The van der Waals surface area contributed by atoms with E-state index in [0.29, 0.717) is 5.88 Å². The summed E-state index contributed by atoms with van der Waals surface area (Å²) in [5, 5.41) is 7.37. The molecule has 1 aromatic rings. The Morgan fingerprint density at radius 2 is 2.14 bits per heavy atom. The van der Waals surface area contributed by atoms with Crippen LogP contribution in [0.25, 0.3) is 6.08 Å². The number of nitrogens with one attached hydrogen (secondary N) is 1. The third-order valence-corrected chi connectivity index (χ3v) is 2.04. The van der Waals surface area contributed by atoms with Crippen LogP contribution in [0.4, 0.5) is 0 Å². The van der Waals surface area contributed by atoms with Crippen molar-refractivity contribution >= 4 is 23.5 Å². The summed E-state index contributed by atoms with van der Waals surface area (Å²) in [6.45, 7) is 0. The molecule has 0 aliphatic heterocycles. The molecule has 0 atom stereocenters. The lowest BCUT2D eigenvalue weighted by atomic mass is 10.1. The van der Waals surface area contributed by atoms with Gasteiger partial charge in [0, 0.05) is 11.4 Å². The van der Waals surface area contributed by atoms with Crippen molar-refractivity contribution in [1.82, 2.24) is 0 Å². The molecule has 0 radical (unpaired) electrons. The average molecular weight is 209 g/mol. The Labute approximate surface area is 88.9 Å². The van der Waals surface area contributed by atoms with Crippen LogP contribution in [0.3, 0.4) is 0 Å². The van der Waals surface area contributed by atoms with Crippen molar-refractivity contribution in [2.24, 2.45) is 5.73 Å². The smallest absolute Gasteiger partial charge is 0.123 e. The first kappa shape index (κ1) is 10.8. The molecule has 0 spiro atoms. The van der Waals surface area contributed by atoms with E-state index in [0.717, 1.165) is 17.5 Å². The molecule has 1 rings (SSSR count). The summed E-state index contributed by atoms with van der Waals surface area (Å²) in [5.41, 5.74) is 7.17. The molecular formula is C11H13ClN2. The second-order valence-electron chi connectivity index (χ2n) is 2.88. The number of allylic oxidation sites excluding steroid dienone is 1. The van der Waals surface area contributed by atoms with Gasteiger partial charge in [0.15, 0.2) is 0 Å². The largest absolute Gasteiger partial charge is 0.384 e. The zero-order valence-electron chi connectivity index (χ0n) is 7.83. The first-order valence-electron chi connectivity index (χ1n) is 4.41. The quantitative estimate of drug-likeness (QED) is 0.446. The summed E-state index contributed by atoms with van der Waals surface area (Å²) < 4.78 is 0. The first-order valence-corrected chi connectivity index (χ1v) is 4.95. The minimum atomic E-state index is 0.0936. The van der Waals surface area contributed by atoms with E-state index in [1.54, 1.807) is 0 Å². The van der Waals surface area contributed by atoms with Crippen LogP contribution >= 0.6 is 11.6 Å². The number of nitrogens with two attached hydrogens (primary N) is 1. The van der Waals surface area contributed by atoms with E-state index >= 15 is 0 Å². The van der Waals surface area contributed by atoms with E-state index in [-0.39, 0.29) is 5.84 Å². The molecule has 0 aromatic heterocycles. The summed E-state index contributed by atoms with van der Waals surface area (Å²) in [5.74, 6) is 0.703. The summed E-state index contributed by atoms with van der Waals surface area (Å²) in [6, 6.07) is 7.56. The molecule has 0 amide bonds. The predicted octanol–water partition coefficient (Wildman–Crippen LogP) is 2.61. The van der Waals surface area contributed by atoms with Crippen LogP contribution < -0.4 is 5.73 Å². The van der Waals surface area contributed by atoms with Crippen LogP contribution in [0.5, 0.6) is 0 Å². The van der Waals surface area contributed by atoms with E-state index in [9.17, 15) is 0 Å². The second-order valence-corrected chi connectivity index (χ2v) is 3.26. The molecule has 3 N–H and O–H groups in total. The lowest BCUT2D eigenvalue weighted by Crippen LogP contribution is -2.12. The van der Waals surface area contributed by atoms with Crippen molar-refractivity contribution in [3.8, 4) is 0 Å². The molecule has 0 saturated carbocycles. The van der Waals surface area contributed by atoms with Gasteiger partial charge in [-0.2, -0.15) is 0 Å². The molecule has 74 valence electrons. The van der Waals surface area contributed by atoms with E-state index in [4.69, 9.17) is 22.7 Å². The third kappa shape index (κ3) is 2.89. The van der Waals surface area contributed by atoms with Gasteiger partial charge in [0.25, 0.3) is 0 Å². The van der Waals surface area contributed by atoms with Crippen molar-refractivity contribution in [2.45, 2.75) is 6.42 Å². The zero-order valence-corrected chi connectivity index (χ0v) is 8.59. The monoisotopic (exact) mass is 208 g/mol. The minimum Gasteiger partial charge on any atom is -0.384 e. The lowest BCUT2D eigenvalue weighted by molar-refractivity contribution is 1.24. The molecule has 3 heteroatoms. The highest BCUT2D eigenvalue weighted by molar-refractivity contribution is 6.17. The Kier molecular flexibility index (Phi) is 4.20. The van der Waals surface area contributed by atoms with Crippen LogP contribution in [0, 0.1) is 5.41 Å². The summed E-state index contributed by atoms with van der Waals surface area (Å²) in [7, 11) is 0. The Morgan fingerprint density at radius 3 is 2.79 bits per heavy atom. The van der Waals surface area contributed by atoms with Gasteiger partial charge in [-0.15, -0.1) is 11.6 Å². The molecule has 0 aliphatic rings. The number of amidine groups is 1. The maximum atomic E-state index is 7.37. The van der Waals surface area contributed by atoms with E-state index < -0.39 is 0 Å². The van der Waals surface area contributed by atoms with Crippen LogP contribution in [-0.2, 0) is 0 Å². The molecule has 0 aliphatic carbocycles. The highest BCUT2D eigenvalue weighted by atomic mass is 35.5. The van der Waals surface area contributed by atoms with Gasteiger partial charge in [-0.3, -0.25) is 5.41 Å². The Bertz CT molecular complexity index is 345. The Balaban J connectivity index is 2.90. The molecule has 0 bridgehead atoms. The van der Waals surface area contributed by atoms with Crippen molar-refractivity contribution < 1.29 is 0 Å². The fourth-order valence-corrected chi connectivity index (χ4v) is 1.29. The SMILES string of the molecule is N=C(N)c1ccccc1C=CCCCl. The summed E-state index contributed by atoms with van der Waals surface area (Å²) in [4.78, 5) is 0. The van der Waals surface area contributed by atoms with Crippen molar-refractivity contribution in [3.05, 3.63) is 41.5 Å². The van der Waals surface area contributed by atoms with Gasteiger partial charge >= 0.3 is 0 Å². The normalized spacial score (nSPS) is 10.6. The van der Waals surface area contributed by atoms with Crippen molar-refractivity contribution in [3.63, 3.8) is 0 Å². The molecule has 0 fully saturated rings. The fraction of sp³-hybridized carbons (Fsp3) is 0.182. The number of benzene rings is 1. The highest BCUT2D eigenvalue weighted by Gasteiger charge is 1.99. The highest BCUT2D eigenvalue weighted by Crippen LogP contribution is 2.10. The van der Waals surface area contributed by atoms with Gasteiger partial charge in [0.2, 0.25) is 0 Å². The topological polar surface area (TPSA) is 49.9 Å². The summed E-state index contributed by atoms with van der Waals surface area (Å²) >= 11 is 5.55. The van der Waals surface area contributed by atoms with Crippen molar-refractivity contribution in [1.29, 1.82) is 5.41 Å². The molecule has 0 unspecified atom stereocenters. The first-order chi connectivity index (χ1) is 6.75. The van der Waals surface area contributed by atoms with Crippen LogP contribution in [-0.4, -0.2) is 11.7 Å². The maximum absolute atomic E-state index is 7.37. The molecule has 0 saturated heterocycles. The predicted molar refractivity (Wildman–Crippen MR) is 61.8 cm³/mol. The summed E-state index contributed by atoms with van der Waals surface area (Å²) in [6.07, 6.45) is 4.75. The number of hydrogen-bond acceptors (Lipinski definition) is 1. The number of halogens is 1. The van der Waals surface area contributed by atoms with Crippen LogP contribution in [0.15, 0.2) is 30.3 Å². The van der Waals surface area contributed by atoms with Gasteiger partial charge in [-0.1, -0.05) is 36.4 Å². The Morgan fingerprint density at radius 1 is 1.43 bits per heavy atom. The third-order valence-electron chi connectivity index (χ3n) is 1.82. The van der Waals surface area contributed by atoms with Gasteiger partial charge in [0.05, 0.1) is 0 Å². The standard InChI is InChI=1S/C11H13ClN2/c12-8-4-3-6-9-5-1-2-7-10(9)11(13)14/h1-3,5-7H,4,8H2,(H3,13,14). The number of hydrogen-bond donors (Lipinski definition) is 2. The van der Waals surface area contributed by atoms with Gasteiger partial charge in [-0.05, 0) is 12.0 Å². The zero-order chi connectivity index (χ0) is 10.4. The molecule has 1 aromatic carbocycles. The van der Waals surface area contributed by atoms with Gasteiger partial charge < -0.3 is 5.73 Å². The number of nitrogen functional groups attached to an aromatic ring is 1.